The summed E-state index contributed by atoms with van der Waals surface area (Å²) in [6.45, 7) is 6.05. The van der Waals surface area contributed by atoms with Crippen molar-refractivity contribution < 1.29 is 24.6 Å². The van der Waals surface area contributed by atoms with Crippen LogP contribution in [0.25, 0.3) is 0 Å². The highest BCUT2D eigenvalue weighted by atomic mass is 35.5. The number of carbonyl (C=O) groups is 3. The molecule has 3 saturated heterocycles. The molecule has 0 radical (unpaired) electrons. The Balaban J connectivity index is 1.82. The Kier molecular flexibility index (Phi) is 6.31. The quantitative estimate of drug-likeness (QED) is 0.557. The van der Waals surface area contributed by atoms with Gasteiger partial charge in [0.05, 0.1) is 27.3 Å². The van der Waals surface area contributed by atoms with E-state index in [9.17, 15) is 24.6 Å². The summed E-state index contributed by atoms with van der Waals surface area (Å²) in [7, 11) is 0. The smallest absolute Gasteiger partial charge is 0.308 e. The van der Waals surface area contributed by atoms with Gasteiger partial charge in [0, 0.05) is 24.9 Å². The number of carboxylic acid groups (broad SMARTS) is 1. The van der Waals surface area contributed by atoms with Crippen LogP contribution in [0.4, 0.5) is 5.69 Å². The van der Waals surface area contributed by atoms with Crippen LogP contribution in [0.2, 0.25) is 5.02 Å². The summed E-state index contributed by atoms with van der Waals surface area (Å²) in [6.07, 6.45) is 2.57. The van der Waals surface area contributed by atoms with Crippen molar-refractivity contribution in [3.63, 3.8) is 0 Å². The van der Waals surface area contributed by atoms with Crippen LogP contribution in [0.15, 0.2) is 36.9 Å². The van der Waals surface area contributed by atoms with Crippen molar-refractivity contribution in [1.29, 1.82) is 0 Å². The number of halogens is 1. The average molecular weight is 479 g/mol. The minimum absolute atomic E-state index is 0.00745. The lowest BCUT2D eigenvalue weighted by molar-refractivity contribution is -0.149. The van der Waals surface area contributed by atoms with Crippen molar-refractivity contribution in [2.75, 3.05) is 24.6 Å². The number of anilines is 1. The van der Waals surface area contributed by atoms with Gasteiger partial charge in [0.25, 0.3) is 5.91 Å². The molecular weight excluding hydrogens is 452 g/mol. The van der Waals surface area contributed by atoms with Gasteiger partial charge >= 0.3 is 5.97 Å². The zero-order valence-corrected chi connectivity index (χ0v) is 19.4. The summed E-state index contributed by atoms with van der Waals surface area (Å²) in [6, 6.07) is 6.17. The molecular formula is C23H27ClN2O5S. The zero-order valence-electron chi connectivity index (χ0n) is 17.8. The van der Waals surface area contributed by atoms with Gasteiger partial charge in [-0.3, -0.25) is 14.4 Å². The standard InChI is InChI=1S/C23H27ClN2O5S/c1-3-9-25(15-8-5-4-7-14(15)24)21(29)19-23-13(2)12-16(32-23)17(22(30)31)18(23)20(28)26(19)10-6-11-27/h3-5,7-8,13,16-19,27H,1,6,9-12H2,2H3,(H,30,31)/t13?,16-,17+,18-,19?,23?/m0/s1. The second-order valence-corrected chi connectivity index (χ2v) is 10.6. The summed E-state index contributed by atoms with van der Waals surface area (Å²) >= 11 is 7.91. The van der Waals surface area contributed by atoms with Crippen LogP contribution in [0, 0.1) is 17.8 Å². The third kappa shape index (κ3) is 3.26. The molecule has 2 amide bonds. The molecule has 3 aliphatic heterocycles. The van der Waals surface area contributed by atoms with E-state index in [1.807, 2.05) is 6.92 Å². The molecule has 3 fully saturated rings. The normalized spacial score (nSPS) is 32.8. The number of nitrogens with zero attached hydrogens (tertiary/aromatic N) is 2. The van der Waals surface area contributed by atoms with Gasteiger partial charge in [0.15, 0.2) is 0 Å². The second kappa shape index (κ2) is 8.72. The molecule has 4 rings (SSSR count). The third-order valence-corrected chi connectivity index (χ3v) is 9.44. The molecule has 6 atom stereocenters. The number of amides is 2. The van der Waals surface area contributed by atoms with E-state index < -0.39 is 28.6 Å². The number of carboxylic acids is 1. The van der Waals surface area contributed by atoms with Crippen molar-refractivity contribution >= 4 is 46.8 Å². The van der Waals surface area contributed by atoms with Crippen molar-refractivity contribution in [3.8, 4) is 0 Å². The molecule has 9 heteroatoms. The first-order chi connectivity index (χ1) is 15.3. The molecule has 1 aromatic carbocycles. The number of thioether (sulfide) groups is 1. The van der Waals surface area contributed by atoms with Gasteiger partial charge in [-0.25, -0.2) is 0 Å². The second-order valence-electron chi connectivity index (χ2n) is 8.69. The number of aliphatic carboxylic acids is 1. The summed E-state index contributed by atoms with van der Waals surface area (Å²) in [5, 5.41) is 19.5. The first-order valence-corrected chi connectivity index (χ1v) is 12.0. The predicted molar refractivity (Wildman–Crippen MR) is 124 cm³/mol. The Morgan fingerprint density at radius 1 is 1.41 bits per heavy atom. The fraction of sp³-hybridized carbons (Fsp3) is 0.522. The number of carbonyl (C=O) groups excluding carboxylic acids is 2. The van der Waals surface area contributed by atoms with Crippen LogP contribution in [0.1, 0.15) is 19.8 Å². The molecule has 3 unspecified atom stereocenters. The number of aliphatic hydroxyl groups excluding tert-OH is 1. The van der Waals surface area contributed by atoms with Crippen molar-refractivity contribution in [3.05, 3.63) is 41.9 Å². The van der Waals surface area contributed by atoms with E-state index in [-0.39, 0.29) is 42.7 Å². The number of benzene rings is 1. The molecule has 32 heavy (non-hydrogen) atoms. The van der Waals surface area contributed by atoms with Crippen LogP contribution in [-0.2, 0) is 14.4 Å². The Bertz CT molecular complexity index is 958. The number of rotatable bonds is 8. The summed E-state index contributed by atoms with van der Waals surface area (Å²) < 4.78 is -0.821. The summed E-state index contributed by atoms with van der Waals surface area (Å²) in [5.41, 5.74) is 0.522. The first kappa shape index (κ1) is 23.1. The van der Waals surface area contributed by atoms with Gasteiger partial charge in [-0.05, 0) is 30.9 Å². The van der Waals surface area contributed by atoms with E-state index in [1.165, 1.54) is 21.6 Å². The molecule has 1 spiro atoms. The number of hydrogen-bond donors (Lipinski definition) is 2. The average Bonchev–Trinajstić information content (AvgIpc) is 3.34. The molecule has 1 aromatic rings. The van der Waals surface area contributed by atoms with Crippen LogP contribution < -0.4 is 4.90 Å². The first-order valence-electron chi connectivity index (χ1n) is 10.8. The maximum absolute atomic E-state index is 14.2. The molecule has 0 saturated carbocycles. The lowest BCUT2D eigenvalue weighted by Crippen LogP contribution is -2.57. The van der Waals surface area contributed by atoms with Crippen LogP contribution in [-0.4, -0.2) is 68.6 Å². The number of hydrogen-bond acceptors (Lipinski definition) is 5. The monoisotopic (exact) mass is 478 g/mol. The van der Waals surface area contributed by atoms with Gasteiger partial charge < -0.3 is 20.0 Å². The minimum atomic E-state index is -0.987. The predicted octanol–water partition coefficient (Wildman–Crippen LogP) is 2.66. The molecule has 172 valence electrons. The molecule has 7 nitrogen and oxygen atoms in total. The highest BCUT2D eigenvalue weighted by Gasteiger charge is 2.76. The molecule has 0 aliphatic carbocycles. The van der Waals surface area contributed by atoms with Gasteiger partial charge in [-0.1, -0.05) is 36.7 Å². The Hall–Kier alpha value is -2.03. The maximum atomic E-state index is 14.2. The molecule has 2 N–H and O–H groups in total. The molecule has 2 bridgehead atoms. The number of para-hydroxylation sites is 1. The van der Waals surface area contributed by atoms with Gasteiger partial charge in [-0.2, -0.15) is 0 Å². The zero-order chi connectivity index (χ0) is 23.2. The number of fused-ring (bicyclic) bond motifs is 1. The third-order valence-electron chi connectivity index (χ3n) is 7.04. The van der Waals surface area contributed by atoms with E-state index in [4.69, 9.17) is 11.6 Å². The molecule has 0 aromatic heterocycles. The van der Waals surface area contributed by atoms with Gasteiger partial charge in [-0.15, -0.1) is 18.3 Å². The summed E-state index contributed by atoms with van der Waals surface area (Å²) in [5.74, 6) is -3.17. The van der Waals surface area contributed by atoms with E-state index in [0.29, 0.717) is 23.6 Å². The van der Waals surface area contributed by atoms with Crippen molar-refractivity contribution in [2.45, 2.75) is 35.8 Å². The van der Waals surface area contributed by atoms with E-state index in [2.05, 4.69) is 6.58 Å². The Morgan fingerprint density at radius 2 is 2.12 bits per heavy atom. The fourth-order valence-corrected chi connectivity index (χ4v) is 8.46. The van der Waals surface area contributed by atoms with Crippen molar-refractivity contribution in [2.24, 2.45) is 17.8 Å². The van der Waals surface area contributed by atoms with Gasteiger partial charge in [0.2, 0.25) is 5.91 Å². The number of likely N-dealkylation sites (tertiary alicyclic amines) is 1. The van der Waals surface area contributed by atoms with Crippen molar-refractivity contribution in [1.82, 2.24) is 4.90 Å². The fourth-order valence-electron chi connectivity index (χ4n) is 5.82. The lowest BCUT2D eigenvalue weighted by Gasteiger charge is -2.40. The lowest BCUT2D eigenvalue weighted by atomic mass is 9.66. The highest BCUT2D eigenvalue weighted by Crippen LogP contribution is 2.68. The highest BCUT2D eigenvalue weighted by molar-refractivity contribution is 8.02. The van der Waals surface area contributed by atoms with Crippen LogP contribution in [0.3, 0.4) is 0 Å². The van der Waals surface area contributed by atoms with E-state index in [0.717, 1.165) is 0 Å². The minimum Gasteiger partial charge on any atom is -0.481 e. The largest absolute Gasteiger partial charge is 0.481 e. The topological polar surface area (TPSA) is 98.2 Å². The summed E-state index contributed by atoms with van der Waals surface area (Å²) in [4.78, 5) is 42.9. The SMILES string of the molecule is C=CCN(C(=O)C1N(CCCO)C(=O)[C@@H]2[C@H](C(=O)O)[C@@H]3CC(C)C12S3)c1ccccc1Cl. The van der Waals surface area contributed by atoms with E-state index >= 15 is 0 Å². The van der Waals surface area contributed by atoms with Gasteiger partial charge in [0.1, 0.15) is 6.04 Å². The Morgan fingerprint density at radius 3 is 2.75 bits per heavy atom. The Labute approximate surface area is 196 Å². The molecule has 3 heterocycles. The maximum Gasteiger partial charge on any atom is 0.308 e. The number of aliphatic hydroxyl groups is 1. The van der Waals surface area contributed by atoms with E-state index in [1.54, 1.807) is 30.3 Å². The van der Waals surface area contributed by atoms with Crippen LogP contribution in [0.5, 0.6) is 0 Å². The molecule has 3 aliphatic rings. The van der Waals surface area contributed by atoms with Crippen LogP contribution >= 0.6 is 23.4 Å².